The van der Waals surface area contributed by atoms with E-state index >= 15 is 0 Å². The van der Waals surface area contributed by atoms with Crippen molar-refractivity contribution in [2.24, 2.45) is 5.92 Å². The van der Waals surface area contributed by atoms with Crippen molar-refractivity contribution in [2.75, 3.05) is 0 Å². The summed E-state index contributed by atoms with van der Waals surface area (Å²) in [6, 6.07) is 5.27. The average Bonchev–Trinajstić information content (AvgIpc) is 3.04. The third-order valence-electron chi connectivity index (χ3n) is 3.33. The summed E-state index contributed by atoms with van der Waals surface area (Å²) in [6.07, 6.45) is 2.49. The first-order chi connectivity index (χ1) is 8.16. The molecule has 1 aromatic carbocycles. The number of nitrogens with zero attached hydrogens (tertiary/aromatic N) is 2. The highest BCUT2D eigenvalue weighted by Crippen LogP contribution is 2.33. The van der Waals surface area contributed by atoms with E-state index in [1.54, 1.807) is 12.1 Å². The van der Waals surface area contributed by atoms with Gasteiger partial charge in [-0.05, 0) is 37.8 Å². The van der Waals surface area contributed by atoms with E-state index in [1.165, 1.54) is 12.8 Å². The van der Waals surface area contributed by atoms with Gasteiger partial charge in [-0.2, -0.15) is 0 Å². The summed E-state index contributed by atoms with van der Waals surface area (Å²) < 4.78 is 2.05. The van der Waals surface area contributed by atoms with Crippen LogP contribution in [0, 0.1) is 12.8 Å². The molecule has 1 heterocycles. The molecule has 0 atom stereocenters. The summed E-state index contributed by atoms with van der Waals surface area (Å²) in [6.45, 7) is 2.83. The number of imidazole rings is 1. The fourth-order valence-corrected chi connectivity index (χ4v) is 2.26. The van der Waals surface area contributed by atoms with Gasteiger partial charge in [0.15, 0.2) is 0 Å². The van der Waals surface area contributed by atoms with Crippen LogP contribution < -0.4 is 0 Å². The summed E-state index contributed by atoms with van der Waals surface area (Å²) in [5.41, 5.74) is 1.90. The lowest BCUT2D eigenvalue weighted by atomic mass is 10.2. The topological polar surface area (TPSA) is 55.1 Å². The molecule has 4 nitrogen and oxygen atoms in total. The smallest absolute Gasteiger partial charge is 0.337 e. The predicted octanol–water partition coefficient (Wildman–Crippen LogP) is 2.45. The number of aryl methyl sites for hydroxylation is 1. The molecule has 1 N–H and O–H groups in total. The van der Waals surface area contributed by atoms with Crippen molar-refractivity contribution in [3.05, 3.63) is 29.6 Å². The molecule has 1 fully saturated rings. The molecule has 0 bridgehead atoms. The highest BCUT2D eigenvalue weighted by molar-refractivity contribution is 6.01. The third kappa shape index (κ3) is 1.69. The monoisotopic (exact) mass is 230 g/mol. The number of carboxylic acids is 1. The lowest BCUT2D eigenvalue weighted by Crippen LogP contribution is -2.06. The minimum absolute atomic E-state index is 0.351. The first-order valence-corrected chi connectivity index (χ1v) is 5.86. The number of hydrogen-bond donors (Lipinski definition) is 1. The number of para-hydroxylation sites is 1. The quantitative estimate of drug-likeness (QED) is 0.881. The van der Waals surface area contributed by atoms with Crippen molar-refractivity contribution >= 4 is 17.0 Å². The van der Waals surface area contributed by atoms with E-state index in [2.05, 4.69) is 9.55 Å². The summed E-state index contributed by atoms with van der Waals surface area (Å²) in [5, 5.41) is 9.23. The molecule has 0 spiro atoms. The van der Waals surface area contributed by atoms with Gasteiger partial charge >= 0.3 is 5.97 Å². The molecule has 1 saturated carbocycles. The largest absolute Gasteiger partial charge is 0.478 e. The van der Waals surface area contributed by atoms with Gasteiger partial charge in [-0.1, -0.05) is 6.07 Å². The standard InChI is InChI=1S/C13H14N2O2/c1-8-14-11-4-2-3-10(13(16)17)12(11)15(8)7-9-5-6-9/h2-4,9H,5-7H2,1H3,(H,16,17). The fourth-order valence-electron chi connectivity index (χ4n) is 2.26. The molecule has 17 heavy (non-hydrogen) atoms. The minimum Gasteiger partial charge on any atom is -0.478 e. The maximum Gasteiger partial charge on any atom is 0.337 e. The molecule has 0 saturated heterocycles. The second kappa shape index (κ2) is 3.58. The molecule has 1 aliphatic rings. The third-order valence-corrected chi connectivity index (χ3v) is 3.33. The van der Waals surface area contributed by atoms with Crippen LogP contribution in [-0.4, -0.2) is 20.6 Å². The van der Waals surface area contributed by atoms with E-state index in [1.807, 2.05) is 13.0 Å². The zero-order valence-corrected chi connectivity index (χ0v) is 9.68. The van der Waals surface area contributed by atoms with Crippen LogP contribution in [0.2, 0.25) is 0 Å². The van der Waals surface area contributed by atoms with Gasteiger partial charge in [-0.15, -0.1) is 0 Å². The van der Waals surface area contributed by atoms with Gasteiger partial charge in [0.1, 0.15) is 5.82 Å². The maximum absolute atomic E-state index is 11.2. The van der Waals surface area contributed by atoms with Crippen LogP contribution in [0.25, 0.3) is 11.0 Å². The summed E-state index contributed by atoms with van der Waals surface area (Å²) in [7, 11) is 0. The zero-order valence-electron chi connectivity index (χ0n) is 9.68. The molecular formula is C13H14N2O2. The molecule has 0 aliphatic heterocycles. The highest BCUT2D eigenvalue weighted by Gasteiger charge is 2.24. The predicted molar refractivity (Wildman–Crippen MR) is 64.2 cm³/mol. The first kappa shape index (κ1) is 10.3. The first-order valence-electron chi connectivity index (χ1n) is 5.86. The lowest BCUT2D eigenvalue weighted by molar-refractivity contribution is 0.0698. The Labute approximate surface area is 98.9 Å². The van der Waals surface area contributed by atoms with Crippen LogP contribution in [0.5, 0.6) is 0 Å². The maximum atomic E-state index is 11.2. The molecule has 0 unspecified atom stereocenters. The van der Waals surface area contributed by atoms with Crippen LogP contribution >= 0.6 is 0 Å². The number of carbonyl (C=O) groups is 1. The van der Waals surface area contributed by atoms with Crippen molar-refractivity contribution in [2.45, 2.75) is 26.3 Å². The van der Waals surface area contributed by atoms with Crippen molar-refractivity contribution in [1.29, 1.82) is 0 Å². The number of aromatic nitrogens is 2. The molecule has 2 aromatic rings. The Morgan fingerprint density at radius 1 is 1.53 bits per heavy atom. The molecule has 1 aliphatic carbocycles. The SMILES string of the molecule is Cc1nc2cccc(C(=O)O)c2n1CC1CC1. The Kier molecular flexibility index (Phi) is 2.18. The van der Waals surface area contributed by atoms with Gasteiger partial charge in [0.05, 0.1) is 16.6 Å². The van der Waals surface area contributed by atoms with Gasteiger partial charge in [0.2, 0.25) is 0 Å². The molecule has 0 radical (unpaired) electrons. The van der Waals surface area contributed by atoms with Crippen molar-refractivity contribution in [3.63, 3.8) is 0 Å². The Morgan fingerprint density at radius 2 is 2.29 bits per heavy atom. The van der Waals surface area contributed by atoms with E-state index in [0.717, 1.165) is 23.4 Å². The van der Waals surface area contributed by atoms with E-state index in [9.17, 15) is 9.90 Å². The van der Waals surface area contributed by atoms with Crippen molar-refractivity contribution in [3.8, 4) is 0 Å². The van der Waals surface area contributed by atoms with Gasteiger partial charge in [0, 0.05) is 6.54 Å². The summed E-state index contributed by atoms with van der Waals surface area (Å²) in [4.78, 5) is 15.7. The molecule has 0 amide bonds. The van der Waals surface area contributed by atoms with Crippen molar-refractivity contribution in [1.82, 2.24) is 9.55 Å². The van der Waals surface area contributed by atoms with Gasteiger partial charge in [-0.3, -0.25) is 0 Å². The number of rotatable bonds is 3. The van der Waals surface area contributed by atoms with Crippen LogP contribution in [0.1, 0.15) is 29.0 Å². The molecular weight excluding hydrogens is 216 g/mol. The van der Waals surface area contributed by atoms with Gasteiger partial charge in [-0.25, -0.2) is 9.78 Å². The second-order valence-corrected chi connectivity index (χ2v) is 4.69. The lowest BCUT2D eigenvalue weighted by Gasteiger charge is -2.07. The van der Waals surface area contributed by atoms with Crippen LogP contribution in [0.4, 0.5) is 0 Å². The Morgan fingerprint density at radius 3 is 2.94 bits per heavy atom. The van der Waals surface area contributed by atoms with E-state index < -0.39 is 5.97 Å². The number of benzene rings is 1. The second-order valence-electron chi connectivity index (χ2n) is 4.69. The highest BCUT2D eigenvalue weighted by atomic mass is 16.4. The molecule has 1 aromatic heterocycles. The zero-order chi connectivity index (χ0) is 12.0. The van der Waals surface area contributed by atoms with Crippen LogP contribution in [0.15, 0.2) is 18.2 Å². The number of carboxylic acid groups (broad SMARTS) is 1. The Bertz CT molecular complexity index is 597. The molecule has 88 valence electrons. The minimum atomic E-state index is -0.882. The summed E-state index contributed by atoms with van der Waals surface area (Å²) in [5.74, 6) is 0.723. The number of hydrogen-bond acceptors (Lipinski definition) is 2. The Balaban J connectivity index is 2.23. The molecule has 3 rings (SSSR count). The normalized spacial score (nSPS) is 15.4. The van der Waals surface area contributed by atoms with Crippen molar-refractivity contribution < 1.29 is 9.90 Å². The van der Waals surface area contributed by atoms with E-state index in [4.69, 9.17) is 0 Å². The van der Waals surface area contributed by atoms with Gasteiger partial charge in [0.25, 0.3) is 0 Å². The van der Waals surface area contributed by atoms with Crippen LogP contribution in [0.3, 0.4) is 0 Å². The summed E-state index contributed by atoms with van der Waals surface area (Å²) >= 11 is 0. The fraction of sp³-hybridized carbons (Fsp3) is 0.385. The average molecular weight is 230 g/mol. The van der Waals surface area contributed by atoms with E-state index in [0.29, 0.717) is 11.5 Å². The van der Waals surface area contributed by atoms with E-state index in [-0.39, 0.29) is 0 Å². The van der Waals surface area contributed by atoms with Crippen LogP contribution in [-0.2, 0) is 6.54 Å². The number of fused-ring (bicyclic) bond motifs is 1. The molecule has 4 heteroatoms. The Hall–Kier alpha value is -1.84. The van der Waals surface area contributed by atoms with Gasteiger partial charge < -0.3 is 9.67 Å². The number of aromatic carboxylic acids is 1.